The third-order valence-corrected chi connectivity index (χ3v) is 3.39. The Kier molecular flexibility index (Phi) is 3.56. The first kappa shape index (κ1) is 14.2. The fraction of sp³-hybridized carbons (Fsp3) is 0.133. The number of nitrogens with zero attached hydrogens (tertiary/aromatic N) is 3. The van der Waals surface area contributed by atoms with Gasteiger partial charge in [-0.1, -0.05) is 6.07 Å². The fourth-order valence-electron chi connectivity index (χ4n) is 2.33. The molecule has 0 fully saturated rings. The van der Waals surface area contributed by atoms with Crippen molar-refractivity contribution in [3.8, 4) is 17.0 Å². The summed E-state index contributed by atoms with van der Waals surface area (Å²) in [4.78, 5) is 15.5. The fourth-order valence-corrected chi connectivity index (χ4v) is 2.33. The molecular formula is C15H12FN3O3. The van der Waals surface area contributed by atoms with Crippen molar-refractivity contribution in [3.63, 3.8) is 0 Å². The van der Waals surface area contributed by atoms with Crippen LogP contribution >= 0.6 is 0 Å². The molecule has 3 rings (SSSR count). The quantitative estimate of drug-likeness (QED) is 0.751. The number of halogens is 1. The van der Waals surface area contributed by atoms with E-state index in [1.54, 1.807) is 24.4 Å². The maximum atomic E-state index is 13.9. The monoisotopic (exact) mass is 301 g/mol. The zero-order valence-electron chi connectivity index (χ0n) is 11.7. The van der Waals surface area contributed by atoms with Crippen molar-refractivity contribution in [2.75, 3.05) is 7.11 Å². The number of rotatable bonds is 4. The third-order valence-electron chi connectivity index (χ3n) is 3.39. The molecule has 0 aliphatic carbocycles. The van der Waals surface area contributed by atoms with E-state index < -0.39 is 5.82 Å². The number of aliphatic hydroxyl groups is 1. The second-order valence-electron chi connectivity index (χ2n) is 4.61. The van der Waals surface area contributed by atoms with Crippen LogP contribution in [0.2, 0.25) is 0 Å². The van der Waals surface area contributed by atoms with Crippen molar-refractivity contribution in [2.24, 2.45) is 5.18 Å². The zero-order chi connectivity index (χ0) is 15.7. The summed E-state index contributed by atoms with van der Waals surface area (Å²) in [5.41, 5.74) is 1.61. The molecule has 1 N–H and O–H groups in total. The number of imidazole rings is 1. The van der Waals surface area contributed by atoms with Crippen molar-refractivity contribution < 1.29 is 14.2 Å². The van der Waals surface area contributed by atoms with Gasteiger partial charge in [-0.2, -0.15) is 0 Å². The molecule has 0 radical (unpaired) electrons. The molecule has 6 nitrogen and oxygen atoms in total. The lowest BCUT2D eigenvalue weighted by Crippen LogP contribution is -1.90. The summed E-state index contributed by atoms with van der Waals surface area (Å²) in [5, 5.41) is 12.4. The van der Waals surface area contributed by atoms with Crippen molar-refractivity contribution in [1.29, 1.82) is 0 Å². The van der Waals surface area contributed by atoms with Crippen LogP contribution in [-0.4, -0.2) is 21.6 Å². The number of hydrogen-bond acceptors (Lipinski definition) is 5. The molecule has 0 atom stereocenters. The molecule has 0 unspecified atom stereocenters. The van der Waals surface area contributed by atoms with E-state index >= 15 is 0 Å². The molecule has 0 aliphatic rings. The molecule has 0 spiro atoms. The first-order chi connectivity index (χ1) is 10.7. The minimum Gasteiger partial charge on any atom is -0.494 e. The summed E-state index contributed by atoms with van der Waals surface area (Å²) in [6.07, 6.45) is 1.61. The van der Waals surface area contributed by atoms with Crippen LogP contribution in [-0.2, 0) is 6.61 Å². The molecule has 1 aromatic carbocycles. The largest absolute Gasteiger partial charge is 0.494 e. The minimum atomic E-state index is -0.559. The van der Waals surface area contributed by atoms with E-state index in [-0.39, 0.29) is 23.9 Å². The number of hydrogen-bond donors (Lipinski definition) is 1. The molecule has 112 valence electrons. The Bertz CT molecular complexity index is 861. The van der Waals surface area contributed by atoms with Gasteiger partial charge in [0.15, 0.2) is 11.6 Å². The summed E-state index contributed by atoms with van der Waals surface area (Å²) in [6, 6.07) is 7.64. The highest BCUT2D eigenvalue weighted by Gasteiger charge is 2.18. The Balaban J connectivity index is 2.26. The Labute approximate surface area is 124 Å². The number of aromatic nitrogens is 2. The number of nitroso groups, excluding NO2 is 1. The smallest absolute Gasteiger partial charge is 0.209 e. The molecule has 0 aliphatic heterocycles. The predicted molar refractivity (Wildman–Crippen MR) is 78.5 cm³/mol. The zero-order valence-corrected chi connectivity index (χ0v) is 11.7. The van der Waals surface area contributed by atoms with E-state index in [9.17, 15) is 14.4 Å². The van der Waals surface area contributed by atoms with Gasteiger partial charge in [0, 0.05) is 17.3 Å². The number of ether oxygens (including phenoxy) is 1. The van der Waals surface area contributed by atoms with E-state index in [0.717, 1.165) is 0 Å². The van der Waals surface area contributed by atoms with Gasteiger partial charge in [0.1, 0.15) is 11.3 Å². The Morgan fingerprint density at radius 2 is 2.23 bits per heavy atom. The summed E-state index contributed by atoms with van der Waals surface area (Å²) in [7, 11) is 1.37. The lowest BCUT2D eigenvalue weighted by atomic mass is 10.1. The van der Waals surface area contributed by atoms with Gasteiger partial charge in [0.25, 0.3) is 0 Å². The maximum Gasteiger partial charge on any atom is 0.209 e. The van der Waals surface area contributed by atoms with Crippen LogP contribution in [0.5, 0.6) is 5.75 Å². The lowest BCUT2D eigenvalue weighted by molar-refractivity contribution is 0.282. The van der Waals surface area contributed by atoms with Gasteiger partial charge < -0.3 is 9.84 Å². The van der Waals surface area contributed by atoms with Crippen LogP contribution in [0.15, 0.2) is 41.7 Å². The summed E-state index contributed by atoms with van der Waals surface area (Å²) >= 11 is 0. The van der Waals surface area contributed by atoms with E-state index in [1.807, 2.05) is 0 Å². The third kappa shape index (κ3) is 2.11. The van der Waals surface area contributed by atoms with Gasteiger partial charge in [-0.25, -0.2) is 9.37 Å². The van der Waals surface area contributed by atoms with Gasteiger partial charge in [-0.05, 0) is 29.4 Å². The summed E-state index contributed by atoms with van der Waals surface area (Å²) in [6.45, 7) is -0.226. The van der Waals surface area contributed by atoms with Crippen LogP contribution in [0, 0.1) is 10.7 Å². The number of benzene rings is 1. The van der Waals surface area contributed by atoms with Crippen LogP contribution < -0.4 is 4.74 Å². The predicted octanol–water partition coefficient (Wildman–Crippen LogP) is 3.04. The molecule has 0 saturated carbocycles. The number of fused-ring (bicyclic) bond motifs is 1. The van der Waals surface area contributed by atoms with Crippen molar-refractivity contribution >= 4 is 11.5 Å². The average Bonchev–Trinajstić information content (AvgIpc) is 2.93. The van der Waals surface area contributed by atoms with Gasteiger partial charge in [-0.15, -0.1) is 4.91 Å². The van der Waals surface area contributed by atoms with Crippen molar-refractivity contribution in [1.82, 2.24) is 9.38 Å². The summed E-state index contributed by atoms with van der Waals surface area (Å²) < 4.78 is 20.2. The van der Waals surface area contributed by atoms with Crippen LogP contribution in [0.4, 0.5) is 10.2 Å². The van der Waals surface area contributed by atoms with Crippen LogP contribution in [0.1, 0.15) is 5.56 Å². The van der Waals surface area contributed by atoms with E-state index in [0.29, 0.717) is 16.8 Å². The molecular weight excluding hydrogens is 289 g/mol. The molecule has 3 aromatic rings. The number of aliphatic hydroxyl groups excluding tert-OH is 1. The van der Waals surface area contributed by atoms with Gasteiger partial charge in [0.05, 0.1) is 13.7 Å². The van der Waals surface area contributed by atoms with Crippen LogP contribution in [0.3, 0.4) is 0 Å². The highest BCUT2D eigenvalue weighted by Crippen LogP contribution is 2.33. The summed E-state index contributed by atoms with van der Waals surface area (Å²) in [5.74, 6) is -0.407. The number of pyridine rings is 1. The normalized spacial score (nSPS) is 10.9. The van der Waals surface area contributed by atoms with Gasteiger partial charge >= 0.3 is 0 Å². The van der Waals surface area contributed by atoms with Gasteiger partial charge in [0.2, 0.25) is 5.82 Å². The standard InChI is InChI=1S/C15H12FN3O3/c1-22-12-5-4-9(7-11(12)16)13-15(18-21)19-6-2-3-10(8-20)14(19)17-13/h2-7,20H,8H2,1H3. The van der Waals surface area contributed by atoms with Crippen molar-refractivity contribution in [3.05, 3.63) is 52.8 Å². The maximum absolute atomic E-state index is 13.9. The number of methoxy groups -OCH3 is 1. The molecule has 2 heterocycles. The van der Waals surface area contributed by atoms with E-state index in [4.69, 9.17) is 4.74 Å². The molecule has 0 saturated heterocycles. The highest BCUT2D eigenvalue weighted by molar-refractivity contribution is 5.76. The second-order valence-corrected chi connectivity index (χ2v) is 4.61. The SMILES string of the molecule is COc1ccc(-c2nc3c(CO)cccn3c2N=O)cc1F. The van der Waals surface area contributed by atoms with Gasteiger partial charge in [-0.3, -0.25) is 4.40 Å². The van der Waals surface area contributed by atoms with Crippen molar-refractivity contribution in [2.45, 2.75) is 6.61 Å². The Morgan fingerprint density at radius 3 is 2.86 bits per heavy atom. The topological polar surface area (TPSA) is 76.2 Å². The highest BCUT2D eigenvalue weighted by atomic mass is 19.1. The second kappa shape index (κ2) is 5.53. The average molecular weight is 301 g/mol. The van der Waals surface area contributed by atoms with E-state index in [2.05, 4.69) is 10.2 Å². The molecule has 22 heavy (non-hydrogen) atoms. The molecule has 0 bridgehead atoms. The molecule has 2 aromatic heterocycles. The van der Waals surface area contributed by atoms with E-state index in [1.165, 1.54) is 23.6 Å². The first-order valence-electron chi connectivity index (χ1n) is 6.47. The Hall–Kier alpha value is -2.80. The lowest BCUT2D eigenvalue weighted by Gasteiger charge is -2.03. The first-order valence-corrected chi connectivity index (χ1v) is 6.47. The Morgan fingerprint density at radius 1 is 1.41 bits per heavy atom. The molecule has 0 amide bonds. The minimum absolute atomic E-state index is 0.0508. The van der Waals surface area contributed by atoms with Crippen LogP contribution in [0.25, 0.3) is 16.9 Å². The molecule has 7 heteroatoms.